The lowest BCUT2D eigenvalue weighted by atomic mass is 10.3. The first-order valence-electron chi connectivity index (χ1n) is 4.47. The van der Waals surface area contributed by atoms with Crippen LogP contribution in [-0.2, 0) is 0 Å². The molecule has 0 spiro atoms. The van der Waals surface area contributed by atoms with Crippen LogP contribution in [0.1, 0.15) is 0 Å². The molecule has 0 aliphatic carbocycles. The van der Waals surface area contributed by atoms with Crippen molar-refractivity contribution in [1.82, 2.24) is 9.97 Å². The predicted molar refractivity (Wildman–Crippen MR) is 62.9 cm³/mol. The molecule has 0 fully saturated rings. The number of anilines is 1. The Labute approximate surface area is 106 Å². The highest BCUT2D eigenvalue weighted by molar-refractivity contribution is 6.34. The van der Waals surface area contributed by atoms with E-state index in [-0.39, 0.29) is 27.5 Å². The number of benzene rings is 1. The van der Waals surface area contributed by atoms with Crippen LogP contribution in [0.25, 0.3) is 0 Å². The summed E-state index contributed by atoms with van der Waals surface area (Å²) in [7, 11) is 0. The average molecular weight is 274 g/mol. The highest BCUT2D eigenvalue weighted by Gasteiger charge is 2.10. The fourth-order valence-electron chi connectivity index (χ4n) is 1.09. The van der Waals surface area contributed by atoms with Crippen LogP contribution in [0.3, 0.4) is 0 Å². The molecule has 1 aromatic heterocycles. The zero-order valence-electron chi connectivity index (χ0n) is 8.32. The molecule has 0 saturated carbocycles. The second kappa shape index (κ2) is 4.73. The molecule has 88 valence electrons. The van der Waals surface area contributed by atoms with E-state index in [0.717, 1.165) is 6.07 Å². The molecule has 0 unspecified atom stereocenters. The van der Waals surface area contributed by atoms with E-state index >= 15 is 0 Å². The van der Waals surface area contributed by atoms with Gasteiger partial charge in [-0.05, 0) is 12.1 Å². The zero-order chi connectivity index (χ0) is 12.4. The quantitative estimate of drug-likeness (QED) is 0.912. The predicted octanol–water partition coefficient (Wildman–Crippen LogP) is 3.30. The molecule has 1 heterocycles. The minimum absolute atomic E-state index is 0.00523. The van der Waals surface area contributed by atoms with Crippen LogP contribution in [0.15, 0.2) is 24.5 Å². The van der Waals surface area contributed by atoms with Crippen LogP contribution in [0.4, 0.5) is 10.2 Å². The second-order valence-electron chi connectivity index (χ2n) is 3.06. The molecule has 2 rings (SSSR count). The number of hydrogen-bond donors (Lipinski definition) is 1. The van der Waals surface area contributed by atoms with Gasteiger partial charge in [0.15, 0.2) is 0 Å². The molecule has 2 N–H and O–H groups in total. The van der Waals surface area contributed by atoms with Crippen molar-refractivity contribution in [2.24, 2.45) is 0 Å². The molecular formula is C10H6Cl2FN3O. The summed E-state index contributed by atoms with van der Waals surface area (Å²) in [6, 6.07) is 3.97. The fraction of sp³-hybridized carbons (Fsp3) is 0. The summed E-state index contributed by atoms with van der Waals surface area (Å²) in [4.78, 5) is 7.46. The van der Waals surface area contributed by atoms with Crippen LogP contribution in [-0.4, -0.2) is 9.97 Å². The fourth-order valence-corrected chi connectivity index (χ4v) is 1.34. The second-order valence-corrected chi connectivity index (χ2v) is 3.84. The summed E-state index contributed by atoms with van der Waals surface area (Å²) < 4.78 is 18.4. The Morgan fingerprint density at radius 3 is 2.71 bits per heavy atom. The van der Waals surface area contributed by atoms with Crippen LogP contribution in [0, 0.1) is 5.82 Å². The van der Waals surface area contributed by atoms with Crippen molar-refractivity contribution in [2.45, 2.75) is 0 Å². The Bertz CT molecular complexity index is 565. The van der Waals surface area contributed by atoms with Crippen molar-refractivity contribution in [3.8, 4) is 11.6 Å². The number of ether oxygens (including phenoxy) is 1. The van der Waals surface area contributed by atoms with Crippen molar-refractivity contribution in [3.63, 3.8) is 0 Å². The van der Waals surface area contributed by atoms with Gasteiger partial charge in [-0.1, -0.05) is 23.2 Å². The topological polar surface area (TPSA) is 61.0 Å². The Hall–Kier alpha value is -1.59. The third kappa shape index (κ3) is 2.57. The molecule has 0 amide bonds. The van der Waals surface area contributed by atoms with E-state index in [4.69, 9.17) is 33.7 Å². The van der Waals surface area contributed by atoms with Crippen molar-refractivity contribution in [3.05, 3.63) is 40.4 Å². The van der Waals surface area contributed by atoms with Gasteiger partial charge in [-0.3, -0.25) is 0 Å². The molecule has 0 saturated heterocycles. The van der Waals surface area contributed by atoms with Crippen LogP contribution >= 0.6 is 23.2 Å². The molecule has 0 atom stereocenters. The number of aromatic nitrogens is 2. The Morgan fingerprint density at radius 2 is 2.00 bits per heavy atom. The minimum atomic E-state index is -0.595. The number of nitrogens with two attached hydrogens (primary N) is 1. The normalized spacial score (nSPS) is 10.3. The standard InChI is InChI=1S/C10H6Cl2FN3O/c11-6-2-1-5(3-7(6)13)17-10-8(12)9(14)15-4-16-10/h1-4H,(H2,14,15,16). The van der Waals surface area contributed by atoms with Gasteiger partial charge in [0.2, 0.25) is 5.88 Å². The maximum atomic E-state index is 13.2. The summed E-state index contributed by atoms with van der Waals surface area (Å²) >= 11 is 11.4. The number of halogens is 3. The van der Waals surface area contributed by atoms with Gasteiger partial charge >= 0.3 is 0 Å². The summed E-state index contributed by atoms with van der Waals surface area (Å²) in [5, 5.41) is 0.0773. The Balaban J connectivity index is 2.31. The molecule has 1 aromatic carbocycles. The van der Waals surface area contributed by atoms with Crippen molar-refractivity contribution >= 4 is 29.0 Å². The number of hydrogen-bond acceptors (Lipinski definition) is 4. The molecular weight excluding hydrogens is 268 g/mol. The van der Waals surface area contributed by atoms with Gasteiger partial charge in [-0.25, -0.2) is 9.37 Å². The largest absolute Gasteiger partial charge is 0.437 e. The third-order valence-electron chi connectivity index (χ3n) is 1.89. The van der Waals surface area contributed by atoms with E-state index in [1.807, 2.05) is 0 Å². The first-order valence-corrected chi connectivity index (χ1v) is 5.22. The van der Waals surface area contributed by atoms with Gasteiger partial charge in [0.25, 0.3) is 0 Å². The van der Waals surface area contributed by atoms with Gasteiger partial charge in [-0.15, -0.1) is 0 Å². The lowest BCUT2D eigenvalue weighted by Gasteiger charge is -2.07. The Kier molecular flexibility index (Phi) is 3.31. The first-order chi connectivity index (χ1) is 8.08. The van der Waals surface area contributed by atoms with Gasteiger partial charge in [0.05, 0.1) is 5.02 Å². The molecule has 0 aliphatic heterocycles. The van der Waals surface area contributed by atoms with Crippen LogP contribution in [0.5, 0.6) is 11.6 Å². The number of nitrogens with zero attached hydrogens (tertiary/aromatic N) is 2. The molecule has 0 radical (unpaired) electrons. The molecule has 0 bridgehead atoms. The molecule has 17 heavy (non-hydrogen) atoms. The van der Waals surface area contributed by atoms with E-state index < -0.39 is 5.82 Å². The molecule has 4 nitrogen and oxygen atoms in total. The molecule has 2 aromatic rings. The number of rotatable bonds is 2. The maximum Gasteiger partial charge on any atom is 0.243 e. The monoisotopic (exact) mass is 273 g/mol. The third-order valence-corrected chi connectivity index (χ3v) is 2.55. The lowest BCUT2D eigenvalue weighted by Crippen LogP contribution is -1.96. The summed E-state index contributed by atoms with van der Waals surface area (Å²) in [5.41, 5.74) is 5.47. The van der Waals surface area contributed by atoms with Gasteiger partial charge in [-0.2, -0.15) is 4.98 Å². The average Bonchev–Trinajstić information content (AvgIpc) is 2.30. The highest BCUT2D eigenvalue weighted by atomic mass is 35.5. The Morgan fingerprint density at radius 1 is 1.24 bits per heavy atom. The molecule has 0 aliphatic rings. The maximum absolute atomic E-state index is 13.2. The number of nitrogen functional groups attached to an aromatic ring is 1. The van der Waals surface area contributed by atoms with Gasteiger partial charge in [0, 0.05) is 6.07 Å². The van der Waals surface area contributed by atoms with Gasteiger partial charge < -0.3 is 10.5 Å². The van der Waals surface area contributed by atoms with Crippen molar-refractivity contribution in [1.29, 1.82) is 0 Å². The summed E-state index contributed by atoms with van der Waals surface area (Å²) in [5.74, 6) is -0.235. The van der Waals surface area contributed by atoms with Crippen molar-refractivity contribution in [2.75, 3.05) is 5.73 Å². The van der Waals surface area contributed by atoms with Crippen LogP contribution in [0.2, 0.25) is 10.0 Å². The minimum Gasteiger partial charge on any atom is -0.437 e. The van der Waals surface area contributed by atoms with Gasteiger partial charge in [0.1, 0.15) is 28.7 Å². The highest BCUT2D eigenvalue weighted by Crippen LogP contribution is 2.31. The van der Waals surface area contributed by atoms with E-state index in [1.54, 1.807) is 0 Å². The van der Waals surface area contributed by atoms with E-state index in [0.29, 0.717) is 0 Å². The van der Waals surface area contributed by atoms with E-state index in [2.05, 4.69) is 9.97 Å². The summed E-state index contributed by atoms with van der Waals surface area (Å²) in [6.07, 6.45) is 1.20. The lowest BCUT2D eigenvalue weighted by molar-refractivity contribution is 0.457. The van der Waals surface area contributed by atoms with E-state index in [9.17, 15) is 4.39 Å². The zero-order valence-corrected chi connectivity index (χ0v) is 9.84. The van der Waals surface area contributed by atoms with Crippen LogP contribution < -0.4 is 10.5 Å². The van der Waals surface area contributed by atoms with E-state index in [1.165, 1.54) is 18.5 Å². The summed E-state index contributed by atoms with van der Waals surface area (Å²) in [6.45, 7) is 0. The smallest absolute Gasteiger partial charge is 0.243 e. The van der Waals surface area contributed by atoms with Crippen molar-refractivity contribution < 1.29 is 9.13 Å². The SMILES string of the molecule is Nc1ncnc(Oc2ccc(Cl)c(F)c2)c1Cl. The molecule has 7 heteroatoms. The first kappa shape index (κ1) is 11.9.